The van der Waals surface area contributed by atoms with Crippen molar-refractivity contribution in [3.8, 4) is 17.7 Å². The van der Waals surface area contributed by atoms with Gasteiger partial charge in [-0.2, -0.15) is 5.26 Å². The number of aromatic nitrogens is 2. The number of ether oxygens (including phenoxy) is 1. The summed E-state index contributed by atoms with van der Waals surface area (Å²) in [5.41, 5.74) is 1.23. The number of hydrogen-bond acceptors (Lipinski definition) is 4. The minimum atomic E-state index is 0.181. The average molecular weight is 318 g/mol. The normalized spacial score (nSPS) is 10.3. The van der Waals surface area contributed by atoms with E-state index in [1.807, 2.05) is 24.3 Å². The molecule has 0 unspecified atom stereocenters. The molecule has 5 heteroatoms. The second kappa shape index (κ2) is 5.81. The zero-order valence-corrected chi connectivity index (χ0v) is 12.2. The maximum atomic E-state index is 8.98. The molecule has 1 aromatic carbocycles. The van der Waals surface area contributed by atoms with Gasteiger partial charge >= 0.3 is 0 Å². The summed E-state index contributed by atoms with van der Waals surface area (Å²) < 4.78 is 6.72. The average Bonchev–Trinajstić information content (AvgIpc) is 2.41. The Morgan fingerprint density at radius 1 is 1.26 bits per heavy atom. The minimum Gasteiger partial charge on any atom is -0.436 e. The van der Waals surface area contributed by atoms with Crippen molar-refractivity contribution >= 4 is 15.9 Å². The highest BCUT2D eigenvalue weighted by Crippen LogP contribution is 2.32. The SMILES string of the molecule is CC(C)c1cc(Br)ccc1Oc1nccnc1C#N. The number of nitriles is 1. The molecule has 2 rings (SSSR count). The van der Waals surface area contributed by atoms with E-state index in [4.69, 9.17) is 10.00 Å². The van der Waals surface area contributed by atoms with Crippen molar-refractivity contribution in [2.75, 3.05) is 0 Å². The number of nitrogens with zero attached hydrogens (tertiary/aromatic N) is 3. The summed E-state index contributed by atoms with van der Waals surface area (Å²) in [6, 6.07) is 7.72. The molecule has 0 fully saturated rings. The van der Waals surface area contributed by atoms with Crippen molar-refractivity contribution in [1.29, 1.82) is 5.26 Å². The second-order valence-corrected chi connectivity index (χ2v) is 5.18. The molecule has 0 atom stereocenters. The third-order valence-corrected chi connectivity index (χ3v) is 3.06. The van der Waals surface area contributed by atoms with Crippen LogP contribution < -0.4 is 4.74 Å². The van der Waals surface area contributed by atoms with E-state index in [1.54, 1.807) is 0 Å². The molecular formula is C14H12BrN3O. The highest BCUT2D eigenvalue weighted by Gasteiger charge is 2.12. The zero-order valence-electron chi connectivity index (χ0n) is 10.6. The van der Waals surface area contributed by atoms with Gasteiger partial charge in [-0.05, 0) is 29.7 Å². The van der Waals surface area contributed by atoms with Crippen molar-refractivity contribution in [3.05, 3.63) is 46.3 Å². The molecule has 0 aliphatic heterocycles. The van der Waals surface area contributed by atoms with E-state index >= 15 is 0 Å². The number of hydrogen-bond donors (Lipinski definition) is 0. The molecule has 0 aliphatic rings. The molecular weight excluding hydrogens is 306 g/mol. The van der Waals surface area contributed by atoms with Gasteiger partial charge in [-0.3, -0.25) is 0 Å². The third-order valence-electron chi connectivity index (χ3n) is 2.57. The van der Waals surface area contributed by atoms with Crippen molar-refractivity contribution < 1.29 is 4.74 Å². The van der Waals surface area contributed by atoms with Crippen LogP contribution in [0.3, 0.4) is 0 Å². The van der Waals surface area contributed by atoms with E-state index < -0.39 is 0 Å². The Morgan fingerprint density at radius 3 is 2.68 bits per heavy atom. The van der Waals surface area contributed by atoms with Crippen LogP contribution in [0.2, 0.25) is 0 Å². The van der Waals surface area contributed by atoms with Crippen molar-refractivity contribution in [2.24, 2.45) is 0 Å². The molecule has 1 heterocycles. The first-order valence-corrected chi connectivity index (χ1v) is 6.59. The first-order valence-electron chi connectivity index (χ1n) is 5.80. The molecule has 19 heavy (non-hydrogen) atoms. The summed E-state index contributed by atoms with van der Waals surface area (Å²) in [6.07, 6.45) is 2.97. The van der Waals surface area contributed by atoms with Gasteiger partial charge in [0, 0.05) is 16.9 Å². The van der Waals surface area contributed by atoms with Crippen molar-refractivity contribution in [1.82, 2.24) is 9.97 Å². The van der Waals surface area contributed by atoms with Crippen LogP contribution in [0.1, 0.15) is 31.0 Å². The summed E-state index contributed by atoms with van der Waals surface area (Å²) in [7, 11) is 0. The quantitative estimate of drug-likeness (QED) is 0.857. The van der Waals surface area contributed by atoms with E-state index in [-0.39, 0.29) is 11.6 Å². The van der Waals surface area contributed by atoms with Gasteiger partial charge in [0.1, 0.15) is 11.8 Å². The fourth-order valence-corrected chi connectivity index (χ4v) is 2.02. The van der Waals surface area contributed by atoms with Gasteiger partial charge in [-0.1, -0.05) is 29.8 Å². The monoisotopic (exact) mass is 317 g/mol. The Labute approximate surface area is 120 Å². The molecule has 0 N–H and O–H groups in total. The molecule has 0 bridgehead atoms. The molecule has 4 nitrogen and oxygen atoms in total. The van der Waals surface area contributed by atoms with Crippen LogP contribution in [-0.4, -0.2) is 9.97 Å². The molecule has 0 saturated heterocycles. The number of rotatable bonds is 3. The Morgan fingerprint density at radius 2 is 2.00 bits per heavy atom. The molecule has 0 saturated carbocycles. The van der Waals surface area contributed by atoms with Crippen LogP contribution in [0.15, 0.2) is 35.1 Å². The summed E-state index contributed by atoms with van der Waals surface area (Å²) in [5.74, 6) is 1.22. The van der Waals surface area contributed by atoms with E-state index in [0.29, 0.717) is 11.7 Å². The third kappa shape index (κ3) is 3.09. The molecule has 0 amide bonds. The fraction of sp³-hybridized carbons (Fsp3) is 0.214. The van der Waals surface area contributed by atoms with Crippen LogP contribution >= 0.6 is 15.9 Å². The highest BCUT2D eigenvalue weighted by molar-refractivity contribution is 9.10. The Kier molecular flexibility index (Phi) is 4.13. The molecule has 0 spiro atoms. The zero-order chi connectivity index (χ0) is 13.8. The standard InChI is InChI=1S/C14H12BrN3O/c1-9(2)11-7-10(15)3-4-13(11)19-14-12(8-16)17-5-6-18-14/h3-7,9H,1-2H3. The van der Waals surface area contributed by atoms with Crippen LogP contribution in [0.5, 0.6) is 11.6 Å². The molecule has 0 aliphatic carbocycles. The predicted molar refractivity (Wildman–Crippen MR) is 75.1 cm³/mol. The van der Waals surface area contributed by atoms with E-state index in [9.17, 15) is 0 Å². The van der Waals surface area contributed by atoms with Gasteiger partial charge in [0.05, 0.1) is 0 Å². The fourth-order valence-electron chi connectivity index (χ4n) is 1.64. The highest BCUT2D eigenvalue weighted by atomic mass is 79.9. The number of benzene rings is 1. The van der Waals surface area contributed by atoms with Crippen LogP contribution in [0.4, 0.5) is 0 Å². The first-order chi connectivity index (χ1) is 9.11. The van der Waals surface area contributed by atoms with Crippen LogP contribution in [-0.2, 0) is 0 Å². The molecule has 1 aromatic heterocycles. The predicted octanol–water partition coefficient (Wildman–Crippen LogP) is 4.03. The Balaban J connectivity index is 2.41. The van der Waals surface area contributed by atoms with Crippen molar-refractivity contribution in [3.63, 3.8) is 0 Å². The van der Waals surface area contributed by atoms with E-state index in [1.165, 1.54) is 12.4 Å². The summed E-state index contributed by atoms with van der Waals surface area (Å²) in [6.45, 7) is 4.16. The summed E-state index contributed by atoms with van der Waals surface area (Å²) in [5, 5.41) is 8.98. The lowest BCUT2D eigenvalue weighted by molar-refractivity contribution is 0.449. The van der Waals surface area contributed by atoms with Gasteiger partial charge < -0.3 is 4.74 Å². The van der Waals surface area contributed by atoms with Gasteiger partial charge in [-0.15, -0.1) is 0 Å². The molecule has 2 aromatic rings. The molecule has 96 valence electrons. The van der Waals surface area contributed by atoms with Crippen LogP contribution in [0.25, 0.3) is 0 Å². The number of halogens is 1. The van der Waals surface area contributed by atoms with E-state index in [0.717, 1.165) is 10.0 Å². The minimum absolute atomic E-state index is 0.181. The largest absolute Gasteiger partial charge is 0.436 e. The Hall–Kier alpha value is -1.93. The van der Waals surface area contributed by atoms with Crippen molar-refractivity contribution in [2.45, 2.75) is 19.8 Å². The maximum absolute atomic E-state index is 8.98. The van der Waals surface area contributed by atoms with Gasteiger partial charge in [0.25, 0.3) is 5.88 Å². The lowest BCUT2D eigenvalue weighted by Crippen LogP contribution is -1.98. The summed E-state index contributed by atoms with van der Waals surface area (Å²) >= 11 is 3.44. The van der Waals surface area contributed by atoms with E-state index in [2.05, 4.69) is 39.7 Å². The van der Waals surface area contributed by atoms with Crippen LogP contribution in [0, 0.1) is 11.3 Å². The summed E-state index contributed by atoms with van der Waals surface area (Å²) in [4.78, 5) is 7.98. The lowest BCUT2D eigenvalue weighted by atomic mass is 10.0. The maximum Gasteiger partial charge on any atom is 0.256 e. The Bertz CT molecular complexity index is 635. The smallest absolute Gasteiger partial charge is 0.256 e. The second-order valence-electron chi connectivity index (χ2n) is 4.26. The van der Waals surface area contributed by atoms with Gasteiger partial charge in [-0.25, -0.2) is 9.97 Å². The van der Waals surface area contributed by atoms with Gasteiger partial charge in [0.2, 0.25) is 5.69 Å². The first kappa shape index (κ1) is 13.5. The topological polar surface area (TPSA) is 58.8 Å². The van der Waals surface area contributed by atoms with Gasteiger partial charge in [0.15, 0.2) is 0 Å². The molecule has 0 radical (unpaired) electrons. The lowest BCUT2D eigenvalue weighted by Gasteiger charge is -2.13.